The molecule has 2 aromatic carbocycles. The van der Waals surface area contributed by atoms with E-state index in [4.69, 9.17) is 27.9 Å². The molecule has 1 aliphatic rings. The molecular weight excluding hydrogens is 541 g/mol. The minimum atomic E-state index is -0.310. The van der Waals surface area contributed by atoms with E-state index in [9.17, 15) is 9.59 Å². The van der Waals surface area contributed by atoms with Crippen LogP contribution in [0.15, 0.2) is 44.2 Å². The smallest absolute Gasteiger partial charge is 0.293 e. The van der Waals surface area contributed by atoms with Crippen LogP contribution in [0.2, 0.25) is 10.0 Å². The van der Waals surface area contributed by atoms with Gasteiger partial charge in [0.05, 0.1) is 13.9 Å². The van der Waals surface area contributed by atoms with Crippen LogP contribution in [0.25, 0.3) is 6.08 Å². The first kappa shape index (κ1) is 20.7. The number of thioether (sulfide) groups is 1. The Kier molecular flexibility index (Phi) is 6.58. The highest BCUT2D eigenvalue weighted by Gasteiger charge is 2.31. The first-order chi connectivity index (χ1) is 12.8. The van der Waals surface area contributed by atoms with Gasteiger partial charge in [-0.25, -0.2) is 0 Å². The lowest BCUT2D eigenvalue weighted by molar-refractivity contribution is -0.121. The average Bonchev–Trinajstić information content (AvgIpc) is 2.83. The van der Waals surface area contributed by atoms with Gasteiger partial charge in [0.2, 0.25) is 0 Å². The molecule has 1 fully saturated rings. The zero-order valence-corrected chi connectivity index (χ0v) is 19.3. The topological polar surface area (TPSA) is 46.6 Å². The molecule has 0 aromatic heterocycles. The van der Waals surface area contributed by atoms with Crippen molar-refractivity contribution in [3.8, 4) is 5.75 Å². The number of hydrogen-bond donors (Lipinski definition) is 0. The molecule has 2 amide bonds. The minimum Gasteiger partial charge on any atom is -0.486 e. The Bertz CT molecular complexity index is 958. The van der Waals surface area contributed by atoms with E-state index < -0.39 is 0 Å². The number of likely N-dealkylation sites (N-methyl/N-ethyl adjacent to an activating group) is 1. The fourth-order valence-electron chi connectivity index (χ4n) is 2.29. The summed E-state index contributed by atoms with van der Waals surface area (Å²) in [6.07, 6.45) is 1.67. The molecule has 1 heterocycles. The highest BCUT2D eigenvalue weighted by Crippen LogP contribution is 2.38. The second kappa shape index (κ2) is 8.57. The van der Waals surface area contributed by atoms with Crippen molar-refractivity contribution in [1.29, 1.82) is 0 Å². The highest BCUT2D eigenvalue weighted by molar-refractivity contribution is 9.11. The third-order valence-corrected chi connectivity index (χ3v) is 6.42. The van der Waals surface area contributed by atoms with Gasteiger partial charge in [-0.05, 0) is 79.5 Å². The molecule has 0 aliphatic carbocycles. The summed E-state index contributed by atoms with van der Waals surface area (Å²) in [5, 5.41) is 0.804. The highest BCUT2D eigenvalue weighted by atomic mass is 79.9. The van der Waals surface area contributed by atoms with Crippen molar-refractivity contribution in [2.24, 2.45) is 0 Å². The van der Waals surface area contributed by atoms with Gasteiger partial charge < -0.3 is 4.74 Å². The van der Waals surface area contributed by atoms with Gasteiger partial charge in [-0.2, -0.15) is 0 Å². The van der Waals surface area contributed by atoms with Gasteiger partial charge in [0.25, 0.3) is 11.1 Å². The Hall–Kier alpha value is -0.990. The van der Waals surface area contributed by atoms with Crippen LogP contribution in [0.1, 0.15) is 11.1 Å². The lowest BCUT2D eigenvalue weighted by Gasteiger charge is -2.12. The predicted molar refractivity (Wildman–Crippen MR) is 116 cm³/mol. The molecular formula is C18H11Br2Cl2NO3S. The van der Waals surface area contributed by atoms with Crippen LogP contribution in [-0.2, 0) is 11.4 Å². The number of carbonyl (C=O) groups is 2. The number of halogens is 4. The van der Waals surface area contributed by atoms with Crippen molar-refractivity contribution in [3.63, 3.8) is 0 Å². The summed E-state index contributed by atoms with van der Waals surface area (Å²) >= 11 is 20.0. The summed E-state index contributed by atoms with van der Waals surface area (Å²) in [4.78, 5) is 25.1. The van der Waals surface area contributed by atoms with Crippen LogP contribution >= 0.6 is 66.8 Å². The number of ether oxygens (including phenoxy) is 1. The SMILES string of the molecule is CN1C(=O)S/C(=C\c2cc(Br)c(OCc3ccc(Cl)cc3Cl)c(Br)c2)C1=O. The quantitative estimate of drug-likeness (QED) is 0.394. The zero-order valence-electron chi connectivity index (χ0n) is 13.8. The molecule has 4 nitrogen and oxygen atoms in total. The summed E-state index contributed by atoms with van der Waals surface area (Å²) in [6, 6.07) is 8.85. The van der Waals surface area contributed by atoms with E-state index in [1.165, 1.54) is 7.05 Å². The Labute approximate surface area is 187 Å². The van der Waals surface area contributed by atoms with E-state index in [-0.39, 0.29) is 17.8 Å². The van der Waals surface area contributed by atoms with Gasteiger partial charge >= 0.3 is 0 Å². The second-order valence-corrected chi connectivity index (χ2v) is 9.12. The van der Waals surface area contributed by atoms with Crippen molar-refractivity contribution in [2.45, 2.75) is 6.61 Å². The maximum atomic E-state index is 12.0. The van der Waals surface area contributed by atoms with E-state index >= 15 is 0 Å². The minimum absolute atomic E-state index is 0.265. The molecule has 9 heteroatoms. The van der Waals surface area contributed by atoms with E-state index in [1.54, 1.807) is 18.2 Å². The van der Waals surface area contributed by atoms with Crippen molar-refractivity contribution >= 4 is 84.0 Å². The molecule has 0 bridgehead atoms. The third-order valence-electron chi connectivity index (χ3n) is 3.69. The Balaban J connectivity index is 1.81. The maximum absolute atomic E-state index is 12.0. The largest absolute Gasteiger partial charge is 0.486 e. The summed E-state index contributed by atoms with van der Waals surface area (Å²) in [6.45, 7) is 0.265. The summed E-state index contributed by atoms with van der Waals surface area (Å²) in [7, 11) is 1.46. The average molecular weight is 552 g/mol. The van der Waals surface area contributed by atoms with Gasteiger partial charge in [-0.1, -0.05) is 29.3 Å². The zero-order chi connectivity index (χ0) is 19.7. The standard InChI is InChI=1S/C18H11Br2Cl2NO3S/c1-23-17(24)15(27-18(23)25)6-9-4-12(19)16(13(20)5-9)26-8-10-2-3-11(21)7-14(10)22/h2-7H,8H2,1H3/b15-6-. The van der Waals surface area contributed by atoms with E-state index in [0.29, 0.717) is 29.6 Å². The molecule has 0 atom stereocenters. The van der Waals surface area contributed by atoms with Crippen molar-refractivity contribution in [3.05, 3.63) is 65.4 Å². The number of hydrogen-bond acceptors (Lipinski definition) is 4. The molecule has 1 saturated heterocycles. The predicted octanol–water partition coefficient (Wildman–Crippen LogP) is 6.76. The molecule has 3 rings (SSSR count). The van der Waals surface area contributed by atoms with Crippen LogP contribution < -0.4 is 4.74 Å². The normalized spacial score (nSPS) is 15.7. The molecule has 1 aliphatic heterocycles. The third kappa shape index (κ3) is 4.71. The van der Waals surface area contributed by atoms with Crippen LogP contribution in [0.5, 0.6) is 5.75 Å². The Morgan fingerprint density at radius 1 is 1.15 bits per heavy atom. The molecule has 2 aromatic rings. The summed E-state index contributed by atoms with van der Waals surface area (Å²) in [5.74, 6) is 0.289. The van der Waals surface area contributed by atoms with Crippen molar-refractivity contribution in [2.75, 3.05) is 7.05 Å². The van der Waals surface area contributed by atoms with Gasteiger partial charge in [0, 0.05) is 22.7 Å². The van der Waals surface area contributed by atoms with E-state index in [2.05, 4.69) is 31.9 Å². The number of benzene rings is 2. The lowest BCUT2D eigenvalue weighted by atomic mass is 10.2. The van der Waals surface area contributed by atoms with Crippen molar-refractivity contribution in [1.82, 2.24) is 4.90 Å². The van der Waals surface area contributed by atoms with E-state index in [0.717, 1.165) is 27.8 Å². The van der Waals surface area contributed by atoms with Gasteiger partial charge in [0.1, 0.15) is 12.4 Å². The number of rotatable bonds is 4. The summed E-state index contributed by atoms with van der Waals surface area (Å²) in [5.41, 5.74) is 1.56. The number of carbonyl (C=O) groups excluding carboxylic acids is 2. The Morgan fingerprint density at radius 3 is 2.37 bits per heavy atom. The second-order valence-electron chi connectivity index (χ2n) is 5.58. The fraction of sp³-hybridized carbons (Fsp3) is 0.111. The molecule has 140 valence electrons. The number of nitrogens with zero attached hydrogens (tertiary/aromatic N) is 1. The molecule has 0 unspecified atom stereocenters. The maximum Gasteiger partial charge on any atom is 0.293 e. The first-order valence-corrected chi connectivity index (χ1v) is 10.7. The van der Waals surface area contributed by atoms with E-state index in [1.807, 2.05) is 18.2 Å². The fourth-order valence-corrected chi connectivity index (χ4v) is 5.03. The van der Waals surface area contributed by atoms with Crippen LogP contribution in [0, 0.1) is 0 Å². The van der Waals surface area contributed by atoms with Crippen molar-refractivity contribution < 1.29 is 14.3 Å². The Morgan fingerprint density at radius 2 is 1.81 bits per heavy atom. The lowest BCUT2D eigenvalue weighted by Crippen LogP contribution is -2.22. The first-order valence-electron chi connectivity index (χ1n) is 7.53. The number of imide groups is 1. The molecule has 0 N–H and O–H groups in total. The van der Waals surface area contributed by atoms with Gasteiger partial charge in [-0.15, -0.1) is 0 Å². The van der Waals surface area contributed by atoms with Gasteiger partial charge in [-0.3, -0.25) is 14.5 Å². The van der Waals surface area contributed by atoms with Gasteiger partial charge in [0.15, 0.2) is 0 Å². The molecule has 0 saturated carbocycles. The van der Waals surface area contributed by atoms with Crippen LogP contribution in [0.4, 0.5) is 4.79 Å². The van der Waals surface area contributed by atoms with Crippen LogP contribution in [0.3, 0.4) is 0 Å². The van der Waals surface area contributed by atoms with Crippen LogP contribution in [-0.4, -0.2) is 23.1 Å². The molecule has 0 radical (unpaired) electrons. The monoisotopic (exact) mass is 549 g/mol. The molecule has 27 heavy (non-hydrogen) atoms. The summed E-state index contributed by atoms with van der Waals surface area (Å²) < 4.78 is 7.27. The number of amides is 2. The molecule has 0 spiro atoms.